The van der Waals surface area contributed by atoms with Gasteiger partial charge in [-0.15, -0.1) is 0 Å². The first-order valence-corrected chi connectivity index (χ1v) is 48.0. The highest BCUT2D eigenvalue weighted by molar-refractivity contribution is 6.05. The lowest BCUT2D eigenvalue weighted by Crippen LogP contribution is -2.19. The lowest BCUT2D eigenvalue weighted by atomic mass is 10.0. The summed E-state index contributed by atoms with van der Waals surface area (Å²) in [4.78, 5) is 115. The van der Waals surface area contributed by atoms with Gasteiger partial charge in [0.15, 0.2) is 23.3 Å². The number of anilines is 4. The maximum Gasteiger partial charge on any atom is 0.227 e. The number of hydrogen-bond donors (Lipinski definition) is 12. The zero-order chi connectivity index (χ0) is 102. The van der Waals surface area contributed by atoms with Crippen molar-refractivity contribution in [3.05, 3.63) is 317 Å². The summed E-state index contributed by atoms with van der Waals surface area (Å²) >= 11 is 0. The van der Waals surface area contributed by atoms with Crippen molar-refractivity contribution >= 4 is 134 Å². The van der Waals surface area contributed by atoms with Gasteiger partial charge in [-0.3, -0.25) is 79.4 Å². The molecule has 149 heavy (non-hydrogen) atoms. The zero-order valence-corrected chi connectivity index (χ0v) is 80.3. The molecule has 1 aliphatic carbocycles. The number of imidazole rings is 4. The highest BCUT2D eigenvalue weighted by Gasteiger charge is 2.28. The van der Waals surface area contributed by atoms with E-state index in [4.69, 9.17) is 19.9 Å². The molecule has 24 aromatic rings. The van der Waals surface area contributed by atoms with Crippen LogP contribution in [0.4, 0.5) is 40.3 Å². The van der Waals surface area contributed by atoms with Crippen LogP contribution in [0.3, 0.4) is 0 Å². The summed E-state index contributed by atoms with van der Waals surface area (Å²) in [6.07, 6.45) is 31.0. The van der Waals surface area contributed by atoms with Crippen molar-refractivity contribution in [2.45, 2.75) is 66.7 Å². The summed E-state index contributed by atoms with van der Waals surface area (Å²) in [5.41, 5.74) is 26.6. The first-order chi connectivity index (χ1) is 72.7. The normalized spacial score (nSPS) is 12.1. The fourth-order valence-electron chi connectivity index (χ4n) is 17.6. The number of nitrogens with one attached hydrogen (secondary N) is 12. The van der Waals surface area contributed by atoms with E-state index in [2.05, 4.69) is 122 Å². The van der Waals surface area contributed by atoms with Crippen LogP contribution in [0.5, 0.6) is 0 Å². The number of hydrogen-bond acceptors (Lipinski definition) is 20. The number of H-pyrrole nitrogens is 8. The number of amides is 4. The monoisotopic (exact) mass is 1980 g/mol. The van der Waals surface area contributed by atoms with Gasteiger partial charge in [0, 0.05) is 151 Å². The van der Waals surface area contributed by atoms with Gasteiger partial charge in [-0.25, -0.2) is 37.5 Å². The molecule has 1 fully saturated rings. The molecule has 1 aliphatic rings. The largest absolute Gasteiger partial charge is 0.335 e. The molecule has 12 N–H and O–H groups in total. The van der Waals surface area contributed by atoms with Gasteiger partial charge in [0.25, 0.3) is 0 Å². The third-order valence-electron chi connectivity index (χ3n) is 25.8. The molecule has 0 saturated heterocycles. The molecule has 16 aromatic heterocycles. The Morgan fingerprint density at radius 3 is 0.933 bits per heavy atom. The van der Waals surface area contributed by atoms with Crippen LogP contribution in [0.25, 0.3) is 223 Å². The van der Waals surface area contributed by atoms with Crippen LogP contribution in [0, 0.1) is 41.0 Å². The SMILES string of the molecule is CC(C)C(=O)Nc1cncc(-c2ccc3[nH]nc(-c4nc5c(-c6ccc(F)cc6)cncc5[nH]4)c3c2)c1.CCC(=O)Nc1cncc(-c2ccc3[nH]nc(-c4nc5c(-c6ccc(F)cc6)cncc5[nH]4)c3c2)c1.CCC(C)C(=O)Nc1cncc(-c2ccc3[nH]nc(-c4nc5c(-c6ccccc6F)cncc5[nH]4)c3c2)c1.O=C(CC1CC1)Nc1cncc(-c2ccc3[nH]nc(-c4nc5c(-c6ccccc6F)cncc5[nH]4)c3c2)c1. The quantitative estimate of drug-likeness (QED) is 0.0280. The van der Waals surface area contributed by atoms with E-state index < -0.39 is 0 Å². The average molecular weight is 1980 g/mol. The molecule has 1 saturated carbocycles. The number of halogens is 4. The predicted molar refractivity (Wildman–Crippen MR) is 567 cm³/mol. The summed E-state index contributed by atoms with van der Waals surface area (Å²) in [5.74, 6) is 1.17. The maximum absolute atomic E-state index is 14.5. The summed E-state index contributed by atoms with van der Waals surface area (Å²) in [7, 11) is 0. The van der Waals surface area contributed by atoms with Gasteiger partial charge in [-0.1, -0.05) is 120 Å². The molecule has 1 atom stereocenters. The van der Waals surface area contributed by atoms with E-state index in [0.29, 0.717) is 132 Å². The van der Waals surface area contributed by atoms with Gasteiger partial charge in [-0.05, 0) is 168 Å². The minimum Gasteiger partial charge on any atom is -0.335 e. The Bertz CT molecular complexity index is 9260. The van der Waals surface area contributed by atoms with Crippen molar-refractivity contribution in [2.24, 2.45) is 17.8 Å². The molecule has 8 aromatic carbocycles. The Balaban J connectivity index is 0.000000112. The van der Waals surface area contributed by atoms with Crippen LogP contribution in [0.1, 0.15) is 66.7 Å². The van der Waals surface area contributed by atoms with Crippen LogP contribution >= 0.6 is 0 Å². The predicted octanol–water partition coefficient (Wildman–Crippen LogP) is 24.1. The number of carbonyl (C=O) groups is 4. The molecule has 36 heteroatoms. The molecule has 4 amide bonds. The van der Waals surface area contributed by atoms with Gasteiger partial charge in [0.1, 0.15) is 57.1 Å². The minimum atomic E-state index is -0.336. The molecular formula is C113H88F4N28O4. The standard InChI is InChI=1S/C29H22FN7O.C29H24FN7O.C28H22FN7O.C27H20FN7O/c30-23-4-2-1-3-20(23)22-14-32-15-25-27(22)35-29(34-25)28-21-11-17(7-8-24(21)36-37-28)18-10-19(13-31-12-18)33-26(38)9-16-5-6-16;1-3-16(2)29(38)33-19-10-18(12-31-13-19)17-8-9-24-21(11-17)27(37-36-24)28-34-25-15-32-14-22(26(25)35-28)20-6-4-5-7-23(20)30;1-15(2)28(37)32-20-9-18(11-30-12-20)17-5-8-23-21(10-17)26(36-35-23)27-33-24-14-31-13-22(25(24)34-27)16-3-6-19(29)7-4-16;1-2-24(36)31-19-9-17(11-29-12-19)16-5-8-22-20(10-16)26(35-34-22)27-32-23-14-30-13-21(25(23)33-27)15-3-6-18(28)7-4-15/h1-4,7-8,10-16H,5-6,9H2,(H,33,38)(H,34,35)(H,36,37);4-16H,3H2,1-2H3,(H,33,38)(H,34,35)(H,36,37);3-15H,1-2H3,(H,32,37)(H,33,34)(H,35,36);3-14H,2H2,1H3,(H,31,36)(H,32,33)(H,34,35). The second-order valence-electron chi connectivity index (χ2n) is 36.4. The molecule has 0 aliphatic heterocycles. The molecule has 16 heterocycles. The molecule has 0 radical (unpaired) electrons. The van der Waals surface area contributed by atoms with E-state index in [1.807, 2.05) is 125 Å². The molecule has 0 spiro atoms. The third kappa shape index (κ3) is 19.8. The van der Waals surface area contributed by atoms with Crippen LogP contribution in [0.2, 0.25) is 0 Å². The zero-order valence-electron chi connectivity index (χ0n) is 80.3. The smallest absolute Gasteiger partial charge is 0.227 e. The van der Waals surface area contributed by atoms with Gasteiger partial charge >= 0.3 is 0 Å². The number of benzene rings is 8. The van der Waals surface area contributed by atoms with E-state index in [-0.39, 0.29) is 58.7 Å². The van der Waals surface area contributed by atoms with E-state index in [1.54, 1.807) is 167 Å². The van der Waals surface area contributed by atoms with Gasteiger partial charge in [0.2, 0.25) is 23.6 Å². The van der Waals surface area contributed by atoms with Crippen LogP contribution < -0.4 is 21.3 Å². The van der Waals surface area contributed by atoms with Gasteiger partial charge in [0.05, 0.1) is 127 Å². The molecule has 1 unspecified atom stereocenters. The first kappa shape index (κ1) is 94.2. The van der Waals surface area contributed by atoms with Crippen LogP contribution in [-0.4, -0.2) is 144 Å². The Labute approximate surface area is 844 Å². The Morgan fingerprint density at radius 2 is 0.611 bits per heavy atom. The maximum atomic E-state index is 14.5. The minimum absolute atomic E-state index is 0.0214. The van der Waals surface area contributed by atoms with E-state index in [9.17, 15) is 36.7 Å². The number of rotatable bonds is 22. The summed E-state index contributed by atoms with van der Waals surface area (Å²) in [5, 5.41) is 45.5. The summed E-state index contributed by atoms with van der Waals surface area (Å²) < 4.78 is 56.0. The number of fused-ring (bicyclic) bond motifs is 8. The molecule has 732 valence electrons. The second-order valence-corrected chi connectivity index (χ2v) is 36.4. The molecular weight excluding hydrogens is 1890 g/mol. The van der Waals surface area contributed by atoms with Gasteiger partial charge < -0.3 is 41.2 Å². The number of pyridine rings is 8. The molecule has 32 nitrogen and oxygen atoms in total. The fourth-order valence-corrected chi connectivity index (χ4v) is 17.6. The molecule has 0 bridgehead atoms. The Kier molecular flexibility index (Phi) is 25.7. The van der Waals surface area contributed by atoms with Crippen molar-refractivity contribution in [1.82, 2.24) is 121 Å². The lowest BCUT2D eigenvalue weighted by molar-refractivity contribution is -0.120. The van der Waals surface area contributed by atoms with Crippen LogP contribution in [-0.2, 0) is 19.2 Å². The summed E-state index contributed by atoms with van der Waals surface area (Å²) in [6.45, 7) is 9.37. The number of aromatic amines is 8. The Hall–Kier alpha value is -19.7. The van der Waals surface area contributed by atoms with Crippen molar-refractivity contribution in [2.75, 3.05) is 21.3 Å². The van der Waals surface area contributed by atoms with E-state index in [1.165, 1.54) is 36.4 Å². The summed E-state index contributed by atoms with van der Waals surface area (Å²) in [6, 6.07) is 57.1. The average Bonchev–Trinajstić information content (AvgIpc) is 1.63. The third-order valence-corrected chi connectivity index (χ3v) is 25.8. The van der Waals surface area contributed by atoms with E-state index >= 15 is 0 Å². The number of aromatic nitrogens is 24. The number of nitrogens with zero attached hydrogens (tertiary/aromatic N) is 16. The van der Waals surface area contributed by atoms with Crippen molar-refractivity contribution in [1.29, 1.82) is 0 Å². The van der Waals surface area contributed by atoms with E-state index in [0.717, 1.165) is 152 Å². The highest BCUT2D eigenvalue weighted by Crippen LogP contribution is 2.42. The van der Waals surface area contributed by atoms with Crippen molar-refractivity contribution in [3.63, 3.8) is 0 Å². The van der Waals surface area contributed by atoms with Crippen molar-refractivity contribution in [3.8, 4) is 135 Å². The molecule has 25 rings (SSSR count). The topological polar surface area (TPSA) is 449 Å². The highest BCUT2D eigenvalue weighted by atomic mass is 19.1. The van der Waals surface area contributed by atoms with Crippen LogP contribution in [0.15, 0.2) is 293 Å². The lowest BCUT2D eigenvalue weighted by Gasteiger charge is -2.11. The van der Waals surface area contributed by atoms with Gasteiger partial charge in [-0.2, -0.15) is 20.4 Å². The fraction of sp³-hybridized carbons (Fsp3) is 0.115. The number of carbonyl (C=O) groups excluding carboxylic acids is 4. The van der Waals surface area contributed by atoms with Crippen molar-refractivity contribution < 1.29 is 36.7 Å². The second kappa shape index (κ2) is 40.6. The first-order valence-electron chi connectivity index (χ1n) is 48.0. The Morgan fingerprint density at radius 1 is 0.309 bits per heavy atom.